The number of piperazine rings is 1. The molecule has 5 heteroatoms. The van der Waals surface area contributed by atoms with Gasteiger partial charge in [-0.15, -0.1) is 11.8 Å². The summed E-state index contributed by atoms with van der Waals surface area (Å²) < 4.78 is 0. The van der Waals surface area contributed by atoms with Gasteiger partial charge in [-0.05, 0) is 67.5 Å². The van der Waals surface area contributed by atoms with Crippen LogP contribution in [0.2, 0.25) is 5.02 Å². The smallest absolute Gasteiger partial charge is 0.222 e. The zero-order valence-electron chi connectivity index (χ0n) is 16.1. The Morgan fingerprint density at radius 3 is 2.44 bits per heavy atom. The molecule has 0 aromatic heterocycles. The summed E-state index contributed by atoms with van der Waals surface area (Å²) in [5.41, 5.74) is 3.97. The highest BCUT2D eigenvalue weighted by atomic mass is 35.5. The molecular weight excluding hydrogens is 376 g/mol. The van der Waals surface area contributed by atoms with Gasteiger partial charge < -0.3 is 9.80 Å². The summed E-state index contributed by atoms with van der Waals surface area (Å²) in [7, 11) is 0. The Morgan fingerprint density at radius 1 is 1.04 bits per heavy atom. The van der Waals surface area contributed by atoms with Crippen LogP contribution in [0.25, 0.3) is 0 Å². The molecule has 0 saturated carbocycles. The Labute approximate surface area is 171 Å². The molecule has 0 spiro atoms. The van der Waals surface area contributed by atoms with E-state index in [1.165, 1.54) is 21.7 Å². The van der Waals surface area contributed by atoms with Gasteiger partial charge in [-0.3, -0.25) is 4.79 Å². The summed E-state index contributed by atoms with van der Waals surface area (Å²) in [5.74, 6) is 1.24. The monoisotopic (exact) mass is 402 g/mol. The van der Waals surface area contributed by atoms with Crippen molar-refractivity contribution in [3.05, 3.63) is 58.6 Å². The summed E-state index contributed by atoms with van der Waals surface area (Å²) in [6, 6.07) is 14.3. The number of anilines is 1. The van der Waals surface area contributed by atoms with Crippen LogP contribution in [0.5, 0.6) is 0 Å². The summed E-state index contributed by atoms with van der Waals surface area (Å²) in [4.78, 5) is 18.1. The number of thioether (sulfide) groups is 1. The molecule has 3 rings (SSSR count). The number of hydrogen-bond acceptors (Lipinski definition) is 3. The molecule has 1 saturated heterocycles. The second-order valence-corrected chi connectivity index (χ2v) is 8.60. The lowest BCUT2D eigenvalue weighted by atomic mass is 10.1. The van der Waals surface area contributed by atoms with Crippen LogP contribution < -0.4 is 4.90 Å². The van der Waals surface area contributed by atoms with Gasteiger partial charge in [0.2, 0.25) is 5.91 Å². The second kappa shape index (κ2) is 9.52. The zero-order chi connectivity index (χ0) is 19.2. The van der Waals surface area contributed by atoms with Gasteiger partial charge in [-0.25, -0.2) is 0 Å². The summed E-state index contributed by atoms with van der Waals surface area (Å²) in [6.45, 7) is 7.79. The van der Waals surface area contributed by atoms with Crippen LogP contribution in [0.3, 0.4) is 0 Å². The van der Waals surface area contributed by atoms with Crippen molar-refractivity contribution in [2.45, 2.75) is 31.6 Å². The third kappa shape index (κ3) is 5.43. The first kappa shape index (κ1) is 20.1. The van der Waals surface area contributed by atoms with E-state index >= 15 is 0 Å². The minimum Gasteiger partial charge on any atom is -0.368 e. The van der Waals surface area contributed by atoms with Gasteiger partial charge in [0.05, 0.1) is 0 Å². The van der Waals surface area contributed by atoms with Crippen molar-refractivity contribution in [1.29, 1.82) is 0 Å². The molecule has 2 aromatic carbocycles. The van der Waals surface area contributed by atoms with Crippen LogP contribution in [0, 0.1) is 13.8 Å². The first-order valence-corrected chi connectivity index (χ1v) is 10.9. The second-order valence-electron chi connectivity index (χ2n) is 6.99. The zero-order valence-corrected chi connectivity index (χ0v) is 17.7. The average molecular weight is 403 g/mol. The van der Waals surface area contributed by atoms with E-state index in [4.69, 9.17) is 11.6 Å². The number of hydrogen-bond donors (Lipinski definition) is 0. The molecule has 0 atom stereocenters. The first-order valence-electron chi connectivity index (χ1n) is 9.52. The van der Waals surface area contributed by atoms with E-state index in [0.717, 1.165) is 43.4 Å². The molecule has 1 amide bonds. The number of rotatable bonds is 6. The Balaban J connectivity index is 1.40. The van der Waals surface area contributed by atoms with Crippen LogP contribution in [0.4, 0.5) is 5.69 Å². The van der Waals surface area contributed by atoms with Gasteiger partial charge in [-0.1, -0.05) is 23.7 Å². The van der Waals surface area contributed by atoms with E-state index in [9.17, 15) is 4.79 Å². The van der Waals surface area contributed by atoms with Crippen molar-refractivity contribution in [2.75, 3.05) is 36.8 Å². The Kier molecular flexibility index (Phi) is 7.08. The molecular formula is C22H27ClN2OS. The van der Waals surface area contributed by atoms with Crippen molar-refractivity contribution in [3.8, 4) is 0 Å². The van der Waals surface area contributed by atoms with E-state index in [0.29, 0.717) is 6.42 Å². The van der Waals surface area contributed by atoms with Crippen LogP contribution in [-0.2, 0) is 4.79 Å². The predicted molar refractivity (Wildman–Crippen MR) is 116 cm³/mol. The average Bonchev–Trinajstić information content (AvgIpc) is 2.69. The molecule has 144 valence electrons. The quantitative estimate of drug-likeness (QED) is 0.491. The molecule has 0 bridgehead atoms. The van der Waals surface area contributed by atoms with Gasteiger partial charge in [0, 0.05) is 48.2 Å². The van der Waals surface area contributed by atoms with E-state index in [1.807, 2.05) is 29.2 Å². The molecule has 27 heavy (non-hydrogen) atoms. The lowest BCUT2D eigenvalue weighted by molar-refractivity contribution is -0.131. The van der Waals surface area contributed by atoms with Crippen molar-refractivity contribution >= 4 is 35.0 Å². The lowest BCUT2D eigenvalue weighted by Gasteiger charge is -2.37. The van der Waals surface area contributed by atoms with Crippen molar-refractivity contribution in [1.82, 2.24) is 4.90 Å². The highest BCUT2D eigenvalue weighted by Gasteiger charge is 2.21. The standard InChI is InChI=1S/C22H27ClN2OS/c1-17-5-3-6-21(18(17)2)24-12-14-25(15-13-24)22(26)7-4-16-27-20-10-8-19(23)9-11-20/h3,5-6,8-11H,4,7,12-16H2,1-2H3. The van der Waals surface area contributed by atoms with Gasteiger partial charge in [0.15, 0.2) is 0 Å². The van der Waals surface area contributed by atoms with Crippen LogP contribution in [-0.4, -0.2) is 42.7 Å². The lowest BCUT2D eigenvalue weighted by Crippen LogP contribution is -2.49. The largest absolute Gasteiger partial charge is 0.368 e. The maximum atomic E-state index is 12.5. The molecule has 1 aliphatic heterocycles. The van der Waals surface area contributed by atoms with Crippen molar-refractivity contribution in [2.24, 2.45) is 0 Å². The molecule has 0 N–H and O–H groups in total. The molecule has 2 aromatic rings. The number of amides is 1. The Morgan fingerprint density at radius 2 is 1.74 bits per heavy atom. The summed E-state index contributed by atoms with van der Waals surface area (Å²) >= 11 is 7.68. The van der Waals surface area contributed by atoms with E-state index in [-0.39, 0.29) is 5.91 Å². The fourth-order valence-electron chi connectivity index (χ4n) is 3.38. The Bertz CT molecular complexity index is 770. The summed E-state index contributed by atoms with van der Waals surface area (Å²) in [5, 5.41) is 0.759. The molecule has 0 radical (unpaired) electrons. The number of halogens is 1. The van der Waals surface area contributed by atoms with E-state index in [2.05, 4.69) is 36.9 Å². The van der Waals surface area contributed by atoms with Crippen LogP contribution in [0.15, 0.2) is 47.4 Å². The molecule has 0 aliphatic carbocycles. The van der Waals surface area contributed by atoms with Gasteiger partial charge >= 0.3 is 0 Å². The van der Waals surface area contributed by atoms with Crippen LogP contribution >= 0.6 is 23.4 Å². The predicted octanol–water partition coefficient (Wildman–Crippen LogP) is 5.18. The van der Waals surface area contributed by atoms with Crippen LogP contribution in [0.1, 0.15) is 24.0 Å². The normalized spacial score (nSPS) is 14.5. The van der Waals surface area contributed by atoms with E-state index in [1.54, 1.807) is 11.8 Å². The third-order valence-corrected chi connectivity index (χ3v) is 6.52. The van der Waals surface area contributed by atoms with Gasteiger partial charge in [0.25, 0.3) is 0 Å². The molecule has 3 nitrogen and oxygen atoms in total. The molecule has 0 unspecified atom stereocenters. The maximum Gasteiger partial charge on any atom is 0.222 e. The SMILES string of the molecule is Cc1cccc(N2CCN(C(=O)CCCSc3ccc(Cl)cc3)CC2)c1C. The molecule has 1 heterocycles. The van der Waals surface area contributed by atoms with E-state index < -0.39 is 0 Å². The highest BCUT2D eigenvalue weighted by Crippen LogP contribution is 2.24. The van der Waals surface area contributed by atoms with Crippen molar-refractivity contribution < 1.29 is 4.79 Å². The number of carbonyl (C=O) groups excluding carboxylic acids is 1. The number of aryl methyl sites for hydroxylation is 1. The van der Waals surface area contributed by atoms with Gasteiger partial charge in [-0.2, -0.15) is 0 Å². The third-order valence-electron chi connectivity index (χ3n) is 5.17. The fourth-order valence-corrected chi connectivity index (χ4v) is 4.36. The minimum atomic E-state index is 0.285. The number of nitrogens with zero attached hydrogens (tertiary/aromatic N) is 2. The van der Waals surface area contributed by atoms with Gasteiger partial charge in [0.1, 0.15) is 0 Å². The molecule has 1 fully saturated rings. The first-order chi connectivity index (χ1) is 13.0. The van der Waals surface area contributed by atoms with Crippen molar-refractivity contribution in [3.63, 3.8) is 0 Å². The number of carbonyl (C=O) groups is 1. The summed E-state index contributed by atoms with van der Waals surface area (Å²) in [6.07, 6.45) is 1.54. The molecule has 1 aliphatic rings. The fraction of sp³-hybridized carbons (Fsp3) is 0.409. The topological polar surface area (TPSA) is 23.6 Å². The Hall–Kier alpha value is -1.65. The maximum absolute atomic E-state index is 12.5. The highest BCUT2D eigenvalue weighted by molar-refractivity contribution is 7.99. The minimum absolute atomic E-state index is 0.285. The number of benzene rings is 2.